The summed E-state index contributed by atoms with van der Waals surface area (Å²) in [5.74, 6) is -2.15. The SMILES string of the molecule is C[C@@H]1O[C@H](O)[C@@H](O[C@@H]2OC(C(=O)O)=C[C@H](O)[C@@H]2O)[C@@H](O)[C@H]1O. The van der Waals surface area contributed by atoms with Crippen LogP contribution in [0, 0.1) is 0 Å². The number of hydrogen-bond donors (Lipinski definition) is 6. The second-order valence-corrected chi connectivity index (χ2v) is 5.12. The summed E-state index contributed by atoms with van der Waals surface area (Å²) in [6.45, 7) is 1.42. The first-order valence-electron chi connectivity index (χ1n) is 6.55. The number of carbonyl (C=O) groups is 1. The van der Waals surface area contributed by atoms with Gasteiger partial charge in [-0.15, -0.1) is 0 Å². The maximum atomic E-state index is 10.9. The molecule has 2 aliphatic rings. The molecule has 6 N–H and O–H groups in total. The molecule has 0 radical (unpaired) electrons. The lowest BCUT2D eigenvalue weighted by molar-refractivity contribution is -0.328. The van der Waals surface area contributed by atoms with Crippen LogP contribution in [-0.2, 0) is 19.0 Å². The predicted octanol–water partition coefficient (Wildman–Crippen LogP) is -3.12. The Labute approximate surface area is 124 Å². The summed E-state index contributed by atoms with van der Waals surface area (Å²) < 4.78 is 14.9. The van der Waals surface area contributed by atoms with Gasteiger partial charge in [0.25, 0.3) is 0 Å². The molecule has 0 spiro atoms. The third kappa shape index (κ3) is 3.22. The van der Waals surface area contributed by atoms with Gasteiger partial charge in [0.1, 0.15) is 30.5 Å². The molecule has 0 aromatic rings. The van der Waals surface area contributed by atoms with Gasteiger partial charge in [0.05, 0.1) is 6.10 Å². The van der Waals surface area contributed by atoms with E-state index in [-0.39, 0.29) is 0 Å². The molecule has 0 aliphatic carbocycles. The van der Waals surface area contributed by atoms with E-state index in [4.69, 9.17) is 19.3 Å². The van der Waals surface area contributed by atoms with E-state index in [1.807, 2.05) is 0 Å². The molecule has 10 nitrogen and oxygen atoms in total. The van der Waals surface area contributed by atoms with Crippen molar-refractivity contribution in [2.45, 2.75) is 56.1 Å². The van der Waals surface area contributed by atoms with Gasteiger partial charge in [0.2, 0.25) is 12.0 Å². The van der Waals surface area contributed by atoms with Crippen LogP contribution >= 0.6 is 0 Å². The van der Waals surface area contributed by atoms with Gasteiger partial charge in [0, 0.05) is 0 Å². The average molecular weight is 322 g/mol. The van der Waals surface area contributed by atoms with Gasteiger partial charge >= 0.3 is 5.97 Å². The molecule has 1 saturated heterocycles. The fourth-order valence-corrected chi connectivity index (χ4v) is 2.20. The summed E-state index contributed by atoms with van der Waals surface area (Å²) in [5, 5.41) is 57.5. The normalized spacial score (nSPS) is 45.8. The summed E-state index contributed by atoms with van der Waals surface area (Å²) in [7, 11) is 0. The largest absolute Gasteiger partial charge is 0.475 e. The molecule has 1 fully saturated rings. The molecule has 10 heteroatoms. The Balaban J connectivity index is 2.12. The second kappa shape index (κ2) is 6.46. The Bertz CT molecular complexity index is 451. The molecule has 0 unspecified atom stereocenters. The van der Waals surface area contributed by atoms with Gasteiger partial charge in [-0.25, -0.2) is 4.79 Å². The van der Waals surface area contributed by atoms with Gasteiger partial charge in [-0.05, 0) is 13.0 Å². The molecular weight excluding hydrogens is 304 g/mol. The first kappa shape index (κ1) is 17.1. The van der Waals surface area contributed by atoms with Crippen LogP contribution in [0.15, 0.2) is 11.8 Å². The van der Waals surface area contributed by atoms with Gasteiger partial charge in [-0.3, -0.25) is 0 Å². The summed E-state index contributed by atoms with van der Waals surface area (Å²) in [6.07, 6.45) is -11.1. The van der Waals surface area contributed by atoms with E-state index in [1.165, 1.54) is 6.92 Å². The second-order valence-electron chi connectivity index (χ2n) is 5.12. The van der Waals surface area contributed by atoms with Crippen LogP contribution in [-0.4, -0.2) is 85.8 Å². The fraction of sp³-hybridized carbons (Fsp3) is 0.750. The highest BCUT2D eigenvalue weighted by Crippen LogP contribution is 2.27. The molecule has 0 bridgehead atoms. The molecule has 2 aliphatic heterocycles. The first-order valence-corrected chi connectivity index (χ1v) is 6.55. The molecular formula is C12H18O10. The number of aliphatic carboxylic acids is 1. The van der Waals surface area contributed by atoms with Crippen molar-refractivity contribution in [3.63, 3.8) is 0 Å². The number of rotatable bonds is 3. The average Bonchev–Trinajstić information content (AvgIpc) is 2.45. The highest BCUT2D eigenvalue weighted by molar-refractivity contribution is 5.84. The third-order valence-corrected chi connectivity index (χ3v) is 3.50. The Morgan fingerprint density at radius 3 is 2.36 bits per heavy atom. The summed E-state index contributed by atoms with van der Waals surface area (Å²) in [4.78, 5) is 10.9. The van der Waals surface area contributed by atoms with Crippen LogP contribution in [0.5, 0.6) is 0 Å². The Morgan fingerprint density at radius 1 is 1.14 bits per heavy atom. The topological polar surface area (TPSA) is 166 Å². The number of aliphatic hydroxyl groups excluding tert-OH is 5. The quantitative estimate of drug-likeness (QED) is 0.313. The lowest BCUT2D eigenvalue weighted by atomic mass is 9.99. The van der Waals surface area contributed by atoms with Crippen molar-refractivity contribution in [1.29, 1.82) is 0 Å². The van der Waals surface area contributed by atoms with Crippen molar-refractivity contribution >= 4 is 5.97 Å². The van der Waals surface area contributed by atoms with Crippen molar-refractivity contribution in [1.82, 2.24) is 0 Å². The first-order chi connectivity index (χ1) is 10.2. The highest BCUT2D eigenvalue weighted by Gasteiger charge is 2.46. The maximum Gasteiger partial charge on any atom is 0.371 e. The van der Waals surface area contributed by atoms with Crippen LogP contribution in [0.4, 0.5) is 0 Å². The van der Waals surface area contributed by atoms with Crippen molar-refractivity contribution in [2.75, 3.05) is 0 Å². The molecule has 126 valence electrons. The van der Waals surface area contributed by atoms with Gasteiger partial charge in [-0.2, -0.15) is 0 Å². The Morgan fingerprint density at radius 2 is 1.77 bits per heavy atom. The minimum absolute atomic E-state index is 0.655. The van der Waals surface area contributed by atoms with E-state index in [2.05, 4.69) is 0 Å². The van der Waals surface area contributed by atoms with Crippen LogP contribution < -0.4 is 0 Å². The minimum atomic E-state index is -1.68. The van der Waals surface area contributed by atoms with Gasteiger partial charge < -0.3 is 44.8 Å². The number of hydrogen-bond acceptors (Lipinski definition) is 9. The van der Waals surface area contributed by atoms with E-state index in [0.29, 0.717) is 0 Å². The standard InChI is InChI=1S/C12H18O10/c1-3-6(14)8(16)9(11(19)20-3)22-12-7(15)4(13)2-5(21-12)10(17)18/h2-4,6-9,11-16,19H,1H3,(H,17,18)/t3-,4-,6-,7-,8-,9-,11-,12-/m0/s1. The van der Waals surface area contributed by atoms with Crippen LogP contribution in [0.3, 0.4) is 0 Å². The van der Waals surface area contributed by atoms with E-state index >= 15 is 0 Å². The smallest absolute Gasteiger partial charge is 0.371 e. The maximum absolute atomic E-state index is 10.9. The van der Waals surface area contributed by atoms with E-state index in [9.17, 15) is 30.3 Å². The zero-order chi connectivity index (χ0) is 16.6. The molecule has 0 saturated carbocycles. The summed E-state index contributed by atoms with van der Waals surface area (Å²) in [5.41, 5.74) is 0. The molecule has 2 heterocycles. The molecule has 0 amide bonds. The number of aliphatic hydroxyl groups is 5. The van der Waals surface area contributed by atoms with Crippen LogP contribution in [0.2, 0.25) is 0 Å². The van der Waals surface area contributed by atoms with Crippen molar-refractivity contribution in [3.8, 4) is 0 Å². The van der Waals surface area contributed by atoms with Crippen LogP contribution in [0.25, 0.3) is 0 Å². The molecule has 0 aromatic heterocycles. The van der Waals surface area contributed by atoms with Crippen LogP contribution in [0.1, 0.15) is 6.92 Å². The van der Waals surface area contributed by atoms with Gasteiger partial charge in [-0.1, -0.05) is 0 Å². The van der Waals surface area contributed by atoms with Gasteiger partial charge in [0.15, 0.2) is 6.29 Å². The van der Waals surface area contributed by atoms with Crippen molar-refractivity contribution in [3.05, 3.63) is 11.8 Å². The molecule has 8 atom stereocenters. The fourth-order valence-electron chi connectivity index (χ4n) is 2.20. The van der Waals surface area contributed by atoms with Crippen molar-refractivity contribution < 1.29 is 49.6 Å². The van der Waals surface area contributed by atoms with E-state index in [1.54, 1.807) is 0 Å². The zero-order valence-corrected chi connectivity index (χ0v) is 11.5. The highest BCUT2D eigenvalue weighted by atomic mass is 16.7. The minimum Gasteiger partial charge on any atom is -0.475 e. The summed E-state index contributed by atoms with van der Waals surface area (Å²) >= 11 is 0. The molecule has 2 rings (SSSR count). The molecule has 22 heavy (non-hydrogen) atoms. The number of ether oxygens (including phenoxy) is 3. The molecule has 0 aromatic carbocycles. The Hall–Kier alpha value is -1.27. The summed E-state index contributed by atoms with van der Waals surface area (Å²) in [6, 6.07) is 0. The number of carboxylic acids is 1. The lowest BCUT2D eigenvalue weighted by Crippen LogP contribution is -2.60. The van der Waals surface area contributed by atoms with E-state index in [0.717, 1.165) is 6.08 Å². The monoisotopic (exact) mass is 322 g/mol. The Kier molecular flexibility index (Phi) is 5.02. The van der Waals surface area contributed by atoms with Crippen molar-refractivity contribution in [2.24, 2.45) is 0 Å². The predicted molar refractivity (Wildman–Crippen MR) is 66.0 cm³/mol. The third-order valence-electron chi connectivity index (χ3n) is 3.50. The number of carboxylic acid groups (broad SMARTS) is 1. The lowest BCUT2D eigenvalue weighted by Gasteiger charge is -2.41. The van der Waals surface area contributed by atoms with E-state index < -0.39 is 60.9 Å². The zero-order valence-electron chi connectivity index (χ0n) is 11.5.